The van der Waals surface area contributed by atoms with Crippen LogP contribution in [0.25, 0.3) is 0 Å². The van der Waals surface area contributed by atoms with E-state index < -0.39 is 6.04 Å². The quantitative estimate of drug-likeness (QED) is 0.413. The lowest BCUT2D eigenvalue weighted by atomic mass is 10.0. The van der Waals surface area contributed by atoms with Crippen LogP contribution in [0.2, 0.25) is 0 Å². The molecule has 1 atom stereocenters. The van der Waals surface area contributed by atoms with E-state index in [0.717, 1.165) is 22.3 Å². The Bertz CT molecular complexity index is 1110. The summed E-state index contributed by atoms with van der Waals surface area (Å²) >= 11 is 0. The van der Waals surface area contributed by atoms with Gasteiger partial charge in [0.2, 0.25) is 5.91 Å². The second-order valence-corrected chi connectivity index (χ2v) is 9.03. The molecule has 3 rings (SSSR count). The predicted molar refractivity (Wildman–Crippen MR) is 140 cm³/mol. The van der Waals surface area contributed by atoms with Crippen molar-refractivity contribution < 1.29 is 14.3 Å². The average molecular weight is 473 g/mol. The van der Waals surface area contributed by atoms with Gasteiger partial charge in [-0.25, -0.2) is 0 Å². The number of amides is 2. The highest BCUT2D eigenvalue weighted by Gasteiger charge is 2.30. The Kier molecular flexibility index (Phi) is 9.47. The normalized spacial score (nSPS) is 11.7. The zero-order valence-electron chi connectivity index (χ0n) is 21.2. The second kappa shape index (κ2) is 12.7. The maximum Gasteiger partial charge on any atom is 0.261 e. The van der Waals surface area contributed by atoms with Gasteiger partial charge in [0.1, 0.15) is 11.8 Å². The molecule has 2 amide bonds. The molecule has 5 nitrogen and oxygen atoms in total. The highest BCUT2D eigenvalue weighted by atomic mass is 16.5. The number of hydrogen-bond donors (Lipinski definition) is 1. The summed E-state index contributed by atoms with van der Waals surface area (Å²) in [6.45, 7) is 8.78. The average Bonchev–Trinajstić information content (AvgIpc) is 2.86. The number of nitrogens with one attached hydrogen (secondary N) is 1. The molecule has 0 aliphatic heterocycles. The molecule has 0 spiro atoms. The summed E-state index contributed by atoms with van der Waals surface area (Å²) in [6, 6.07) is 24.9. The van der Waals surface area contributed by atoms with Gasteiger partial charge in [0, 0.05) is 19.5 Å². The molecule has 0 aromatic heterocycles. The zero-order chi connectivity index (χ0) is 25.2. The Morgan fingerprint density at radius 1 is 0.914 bits per heavy atom. The second-order valence-electron chi connectivity index (χ2n) is 9.03. The Morgan fingerprint density at radius 3 is 2.26 bits per heavy atom. The third-order valence-electron chi connectivity index (χ3n) is 6.12. The first-order chi connectivity index (χ1) is 16.9. The summed E-state index contributed by atoms with van der Waals surface area (Å²) < 4.78 is 6.03. The lowest BCUT2D eigenvalue weighted by Crippen LogP contribution is -2.51. The summed E-state index contributed by atoms with van der Waals surface area (Å²) in [5.74, 6) is 0.578. The van der Waals surface area contributed by atoms with Gasteiger partial charge in [-0.3, -0.25) is 9.59 Å². The summed E-state index contributed by atoms with van der Waals surface area (Å²) in [5.41, 5.74) is 4.13. The molecule has 0 bridgehead atoms. The number of ether oxygens (including phenoxy) is 1. The Balaban J connectivity index is 1.92. The van der Waals surface area contributed by atoms with Crippen LogP contribution in [-0.4, -0.2) is 35.9 Å². The van der Waals surface area contributed by atoms with Gasteiger partial charge in [0.05, 0.1) is 0 Å². The van der Waals surface area contributed by atoms with E-state index in [2.05, 4.69) is 19.2 Å². The molecular weight excluding hydrogens is 436 g/mol. The van der Waals surface area contributed by atoms with Crippen LogP contribution >= 0.6 is 0 Å². The molecule has 0 aliphatic rings. The van der Waals surface area contributed by atoms with Crippen LogP contribution in [0.3, 0.4) is 0 Å². The van der Waals surface area contributed by atoms with E-state index >= 15 is 0 Å². The van der Waals surface area contributed by atoms with Crippen LogP contribution in [-0.2, 0) is 22.6 Å². The van der Waals surface area contributed by atoms with Crippen LogP contribution in [0.15, 0.2) is 78.9 Å². The fourth-order valence-corrected chi connectivity index (χ4v) is 4.13. The summed E-state index contributed by atoms with van der Waals surface area (Å²) in [6.07, 6.45) is 0.423. The monoisotopic (exact) mass is 472 g/mol. The first kappa shape index (κ1) is 26.0. The summed E-state index contributed by atoms with van der Waals surface area (Å²) in [5, 5.41) is 2.93. The van der Waals surface area contributed by atoms with Crippen LogP contribution in [0.4, 0.5) is 0 Å². The summed E-state index contributed by atoms with van der Waals surface area (Å²) in [7, 11) is 0. The van der Waals surface area contributed by atoms with Gasteiger partial charge in [-0.1, -0.05) is 86.6 Å². The van der Waals surface area contributed by atoms with E-state index in [-0.39, 0.29) is 24.3 Å². The van der Waals surface area contributed by atoms with Gasteiger partial charge >= 0.3 is 0 Å². The Hall–Kier alpha value is -3.60. The van der Waals surface area contributed by atoms with Crippen molar-refractivity contribution in [2.24, 2.45) is 0 Å². The summed E-state index contributed by atoms with van der Waals surface area (Å²) in [4.78, 5) is 28.6. The van der Waals surface area contributed by atoms with Crippen molar-refractivity contribution >= 4 is 11.8 Å². The van der Waals surface area contributed by atoms with Gasteiger partial charge in [0.25, 0.3) is 5.91 Å². The van der Waals surface area contributed by atoms with E-state index in [0.29, 0.717) is 25.3 Å². The standard InChI is InChI=1S/C30H36N2O3/c1-5-31-30(34)27(19-24-14-7-6-8-15-24)32(20-25-16-10-9-13-23(25)4)29(33)21-35-28-18-12-11-17-26(28)22(2)3/h6-18,22,27H,5,19-21H2,1-4H3,(H,31,34)/t27-/m1/s1. The molecule has 35 heavy (non-hydrogen) atoms. The molecule has 0 heterocycles. The number of nitrogens with zero attached hydrogens (tertiary/aromatic N) is 1. The van der Waals surface area contributed by atoms with Crippen molar-refractivity contribution in [3.8, 4) is 5.75 Å². The number of rotatable bonds is 11. The van der Waals surface area contributed by atoms with Crippen LogP contribution in [0.1, 0.15) is 48.9 Å². The molecule has 0 fully saturated rings. The Morgan fingerprint density at radius 2 is 1.57 bits per heavy atom. The molecule has 1 N–H and O–H groups in total. The molecule has 0 unspecified atom stereocenters. The molecule has 0 radical (unpaired) electrons. The van der Waals surface area contributed by atoms with E-state index in [1.165, 1.54) is 0 Å². The lowest BCUT2D eigenvalue weighted by Gasteiger charge is -2.32. The van der Waals surface area contributed by atoms with Gasteiger partial charge in [-0.05, 0) is 48.1 Å². The van der Waals surface area contributed by atoms with E-state index in [1.54, 1.807) is 4.90 Å². The first-order valence-electron chi connectivity index (χ1n) is 12.3. The lowest BCUT2D eigenvalue weighted by molar-refractivity contribution is -0.142. The maximum absolute atomic E-state index is 13.7. The van der Waals surface area contributed by atoms with E-state index in [4.69, 9.17) is 4.74 Å². The zero-order valence-corrected chi connectivity index (χ0v) is 21.2. The fourth-order valence-electron chi connectivity index (χ4n) is 4.13. The number of para-hydroxylation sites is 1. The van der Waals surface area contributed by atoms with Crippen molar-refractivity contribution in [3.05, 3.63) is 101 Å². The van der Waals surface area contributed by atoms with Gasteiger partial charge < -0.3 is 15.0 Å². The van der Waals surface area contributed by atoms with E-state index in [9.17, 15) is 9.59 Å². The molecule has 5 heteroatoms. The number of likely N-dealkylation sites (N-methyl/N-ethyl adjacent to an activating group) is 1. The molecule has 0 saturated heterocycles. The molecule has 0 aliphatic carbocycles. The topological polar surface area (TPSA) is 58.6 Å². The van der Waals surface area contributed by atoms with Crippen LogP contribution < -0.4 is 10.1 Å². The fraction of sp³-hybridized carbons (Fsp3) is 0.333. The van der Waals surface area contributed by atoms with Crippen LogP contribution in [0.5, 0.6) is 5.75 Å². The number of carbonyl (C=O) groups excluding carboxylic acids is 2. The van der Waals surface area contributed by atoms with Gasteiger partial charge in [-0.2, -0.15) is 0 Å². The van der Waals surface area contributed by atoms with Crippen molar-refractivity contribution in [3.63, 3.8) is 0 Å². The molecule has 3 aromatic carbocycles. The minimum atomic E-state index is -0.659. The van der Waals surface area contributed by atoms with Crippen molar-refractivity contribution in [2.45, 2.75) is 52.6 Å². The number of benzene rings is 3. The third kappa shape index (κ3) is 7.19. The van der Waals surface area contributed by atoms with Gasteiger partial charge in [0.15, 0.2) is 6.61 Å². The number of carbonyl (C=O) groups is 2. The number of aryl methyl sites for hydroxylation is 1. The largest absolute Gasteiger partial charge is 0.483 e. The smallest absolute Gasteiger partial charge is 0.261 e. The molecule has 0 saturated carbocycles. The molecule has 184 valence electrons. The van der Waals surface area contributed by atoms with E-state index in [1.807, 2.05) is 92.7 Å². The van der Waals surface area contributed by atoms with Crippen molar-refractivity contribution in [1.29, 1.82) is 0 Å². The SMILES string of the molecule is CCNC(=O)[C@@H](Cc1ccccc1)N(Cc1ccccc1C)C(=O)COc1ccccc1C(C)C. The third-order valence-corrected chi connectivity index (χ3v) is 6.12. The molecular formula is C30H36N2O3. The maximum atomic E-state index is 13.7. The minimum absolute atomic E-state index is 0.139. The molecule has 3 aromatic rings. The van der Waals surface area contributed by atoms with Crippen molar-refractivity contribution in [2.75, 3.05) is 13.2 Å². The highest BCUT2D eigenvalue weighted by molar-refractivity contribution is 5.88. The highest BCUT2D eigenvalue weighted by Crippen LogP contribution is 2.26. The predicted octanol–water partition coefficient (Wildman–Crippen LogP) is 5.27. The Labute approximate surface area is 209 Å². The van der Waals surface area contributed by atoms with Crippen molar-refractivity contribution in [1.82, 2.24) is 10.2 Å². The first-order valence-corrected chi connectivity index (χ1v) is 12.3. The minimum Gasteiger partial charge on any atom is -0.483 e. The van der Waals surface area contributed by atoms with Crippen LogP contribution in [0, 0.1) is 6.92 Å². The number of hydrogen-bond acceptors (Lipinski definition) is 3. The van der Waals surface area contributed by atoms with Gasteiger partial charge in [-0.15, -0.1) is 0 Å².